The van der Waals surface area contributed by atoms with Crippen molar-refractivity contribution in [2.24, 2.45) is 5.92 Å². The zero-order chi connectivity index (χ0) is 17.3. The molecule has 0 saturated carbocycles. The third-order valence-corrected chi connectivity index (χ3v) is 5.76. The quantitative estimate of drug-likeness (QED) is 0.704. The smallest absolute Gasteiger partial charge is 0.410 e. The van der Waals surface area contributed by atoms with Crippen LogP contribution in [-0.2, 0) is 19.4 Å². The summed E-state index contributed by atoms with van der Waals surface area (Å²) in [6, 6.07) is 0. The minimum absolute atomic E-state index is 0.0174. The van der Waals surface area contributed by atoms with Crippen LogP contribution < -0.4 is 0 Å². The van der Waals surface area contributed by atoms with Gasteiger partial charge in [0, 0.05) is 32.1 Å². The Morgan fingerprint density at radius 1 is 0.957 bits per heavy atom. The van der Waals surface area contributed by atoms with Crippen LogP contribution in [0, 0.1) is 5.92 Å². The third-order valence-electron chi connectivity index (χ3n) is 4.15. The third kappa shape index (κ3) is 5.09. The average Bonchev–Trinajstić information content (AvgIpc) is 2.45. The monoisotopic (exact) mass is 346 g/mol. The van der Waals surface area contributed by atoms with Gasteiger partial charge in [0.2, 0.25) is 5.91 Å². The lowest BCUT2D eigenvalue weighted by Crippen LogP contribution is -2.49. The normalized spacial score (nSPS) is 22.7. The van der Waals surface area contributed by atoms with Gasteiger partial charge in [-0.15, -0.1) is 0 Å². The van der Waals surface area contributed by atoms with Gasteiger partial charge in [0.05, 0.1) is 11.5 Å². The Balaban J connectivity index is 1.82. The van der Waals surface area contributed by atoms with E-state index in [1.807, 2.05) is 20.8 Å². The van der Waals surface area contributed by atoms with Gasteiger partial charge < -0.3 is 14.5 Å². The molecule has 0 aromatic carbocycles. The number of piperidine rings is 1. The van der Waals surface area contributed by atoms with Crippen molar-refractivity contribution in [3.05, 3.63) is 0 Å². The largest absolute Gasteiger partial charge is 0.444 e. The first kappa shape index (κ1) is 18.0. The highest BCUT2D eigenvalue weighted by atomic mass is 32.2. The van der Waals surface area contributed by atoms with Gasteiger partial charge in [0.15, 0.2) is 9.84 Å². The Morgan fingerprint density at radius 3 is 1.96 bits per heavy atom. The molecule has 0 N–H and O–H groups in total. The van der Waals surface area contributed by atoms with Gasteiger partial charge in [0.1, 0.15) is 5.60 Å². The molecule has 2 amide bonds. The molecule has 8 heteroatoms. The van der Waals surface area contributed by atoms with Crippen LogP contribution in [0.2, 0.25) is 0 Å². The van der Waals surface area contributed by atoms with E-state index in [0.29, 0.717) is 25.9 Å². The lowest BCUT2D eigenvalue weighted by atomic mass is 9.95. The minimum atomic E-state index is -2.98. The molecule has 7 nitrogen and oxygen atoms in total. The summed E-state index contributed by atoms with van der Waals surface area (Å²) in [5.74, 6) is -0.0106. The van der Waals surface area contributed by atoms with E-state index in [1.54, 1.807) is 9.80 Å². The SMILES string of the molecule is CC(C)(C)OC(=O)N1CCC(C(=O)N2CCS(=O)(=O)CC2)CC1. The maximum atomic E-state index is 12.5. The number of rotatable bonds is 1. The average molecular weight is 346 g/mol. The summed E-state index contributed by atoms with van der Waals surface area (Å²) in [4.78, 5) is 27.8. The second-order valence-corrected chi connectivity index (χ2v) is 9.52. The molecule has 0 radical (unpaired) electrons. The van der Waals surface area contributed by atoms with Crippen molar-refractivity contribution in [1.82, 2.24) is 9.80 Å². The van der Waals surface area contributed by atoms with Gasteiger partial charge in [0.25, 0.3) is 0 Å². The maximum Gasteiger partial charge on any atom is 0.410 e. The number of carbonyl (C=O) groups is 2. The van der Waals surface area contributed by atoms with Crippen LogP contribution >= 0.6 is 0 Å². The first-order valence-corrected chi connectivity index (χ1v) is 9.87. The number of nitrogens with zero attached hydrogens (tertiary/aromatic N) is 2. The van der Waals surface area contributed by atoms with Gasteiger partial charge in [-0.05, 0) is 33.6 Å². The highest BCUT2D eigenvalue weighted by molar-refractivity contribution is 7.91. The molecule has 2 saturated heterocycles. The Bertz CT molecular complexity index is 545. The summed E-state index contributed by atoms with van der Waals surface area (Å²) in [7, 11) is -2.98. The second kappa shape index (κ2) is 6.67. The lowest BCUT2D eigenvalue weighted by molar-refractivity contribution is -0.136. The van der Waals surface area contributed by atoms with E-state index in [9.17, 15) is 18.0 Å². The van der Waals surface area contributed by atoms with Crippen LogP contribution in [0.3, 0.4) is 0 Å². The Kier molecular flexibility index (Phi) is 5.23. The molecule has 0 unspecified atom stereocenters. The molecule has 2 aliphatic heterocycles. The molecule has 0 aromatic rings. The van der Waals surface area contributed by atoms with Crippen LogP contribution in [0.25, 0.3) is 0 Å². The number of amides is 2. The molecular formula is C15H26N2O5S. The predicted octanol–water partition coefficient (Wildman–Crippen LogP) is 0.891. The fourth-order valence-electron chi connectivity index (χ4n) is 2.83. The van der Waals surface area contributed by atoms with Gasteiger partial charge in [-0.3, -0.25) is 4.79 Å². The highest BCUT2D eigenvalue weighted by Gasteiger charge is 2.34. The first-order chi connectivity index (χ1) is 10.6. The topological polar surface area (TPSA) is 84.0 Å². The summed E-state index contributed by atoms with van der Waals surface area (Å²) >= 11 is 0. The van der Waals surface area contributed by atoms with Crippen molar-refractivity contribution in [2.45, 2.75) is 39.2 Å². The maximum absolute atomic E-state index is 12.5. The van der Waals surface area contributed by atoms with E-state index in [1.165, 1.54) is 0 Å². The van der Waals surface area contributed by atoms with Crippen LogP contribution in [-0.4, -0.2) is 73.5 Å². The number of hydrogen-bond acceptors (Lipinski definition) is 5. The van der Waals surface area contributed by atoms with E-state index >= 15 is 0 Å². The van der Waals surface area contributed by atoms with Crippen molar-refractivity contribution in [3.63, 3.8) is 0 Å². The number of carbonyl (C=O) groups excluding carboxylic acids is 2. The van der Waals surface area contributed by atoms with E-state index in [-0.39, 0.29) is 42.5 Å². The van der Waals surface area contributed by atoms with Crippen LogP contribution in [0.15, 0.2) is 0 Å². The van der Waals surface area contributed by atoms with Crippen LogP contribution in [0.4, 0.5) is 4.79 Å². The van der Waals surface area contributed by atoms with Crippen LogP contribution in [0.1, 0.15) is 33.6 Å². The van der Waals surface area contributed by atoms with Crippen LogP contribution in [0.5, 0.6) is 0 Å². The van der Waals surface area contributed by atoms with Crippen molar-refractivity contribution < 1.29 is 22.7 Å². The fraction of sp³-hybridized carbons (Fsp3) is 0.867. The van der Waals surface area contributed by atoms with Crippen molar-refractivity contribution in [2.75, 3.05) is 37.7 Å². The molecule has 2 fully saturated rings. The zero-order valence-electron chi connectivity index (χ0n) is 14.1. The summed E-state index contributed by atoms with van der Waals surface area (Å²) in [6.07, 6.45) is 0.857. The minimum Gasteiger partial charge on any atom is -0.444 e. The molecule has 132 valence electrons. The number of sulfone groups is 1. The number of likely N-dealkylation sites (tertiary alicyclic amines) is 1. The molecule has 2 rings (SSSR count). The van der Waals surface area contributed by atoms with Gasteiger partial charge in [-0.25, -0.2) is 13.2 Å². The standard InChI is InChI=1S/C15H26N2O5S/c1-15(2,3)22-14(19)17-6-4-12(5-7-17)13(18)16-8-10-23(20,21)11-9-16/h12H,4-11H2,1-3H3. The Labute approximate surface area is 137 Å². The first-order valence-electron chi connectivity index (χ1n) is 8.04. The molecule has 23 heavy (non-hydrogen) atoms. The lowest BCUT2D eigenvalue weighted by Gasteiger charge is -2.36. The fourth-order valence-corrected chi connectivity index (χ4v) is 4.03. The molecule has 0 atom stereocenters. The van der Waals surface area contributed by atoms with E-state index in [0.717, 1.165) is 0 Å². The summed E-state index contributed by atoms with van der Waals surface area (Å²) < 4.78 is 28.2. The summed E-state index contributed by atoms with van der Waals surface area (Å²) in [5, 5.41) is 0. The zero-order valence-corrected chi connectivity index (χ0v) is 14.9. The van der Waals surface area contributed by atoms with E-state index in [4.69, 9.17) is 4.74 Å². The molecular weight excluding hydrogens is 320 g/mol. The van der Waals surface area contributed by atoms with Gasteiger partial charge >= 0.3 is 6.09 Å². The molecule has 0 spiro atoms. The van der Waals surface area contributed by atoms with Gasteiger partial charge in [-0.1, -0.05) is 0 Å². The Hall–Kier alpha value is -1.31. The number of ether oxygens (including phenoxy) is 1. The molecule has 0 bridgehead atoms. The Morgan fingerprint density at radius 2 is 1.48 bits per heavy atom. The molecule has 0 aromatic heterocycles. The predicted molar refractivity (Wildman–Crippen MR) is 85.8 cm³/mol. The highest BCUT2D eigenvalue weighted by Crippen LogP contribution is 2.22. The van der Waals surface area contributed by atoms with E-state index < -0.39 is 15.4 Å². The summed E-state index contributed by atoms with van der Waals surface area (Å²) in [6.45, 7) is 7.04. The second-order valence-electron chi connectivity index (χ2n) is 7.22. The number of hydrogen-bond donors (Lipinski definition) is 0. The summed E-state index contributed by atoms with van der Waals surface area (Å²) in [5.41, 5.74) is -0.525. The van der Waals surface area contributed by atoms with Gasteiger partial charge in [-0.2, -0.15) is 0 Å². The van der Waals surface area contributed by atoms with E-state index in [2.05, 4.69) is 0 Å². The van der Waals surface area contributed by atoms with Crippen molar-refractivity contribution in [1.29, 1.82) is 0 Å². The molecule has 2 heterocycles. The van der Waals surface area contributed by atoms with Crippen molar-refractivity contribution in [3.8, 4) is 0 Å². The molecule has 2 aliphatic rings. The molecule has 0 aliphatic carbocycles. The van der Waals surface area contributed by atoms with Crippen molar-refractivity contribution >= 4 is 21.8 Å².